The SMILES string of the molecule is CCC(C)CC(NC)c1ccc2c(c1)C(=O)NCC2. The number of benzene rings is 1. The van der Waals surface area contributed by atoms with Gasteiger partial charge in [-0.1, -0.05) is 32.4 Å². The van der Waals surface area contributed by atoms with E-state index in [1.807, 2.05) is 7.05 Å². The van der Waals surface area contributed by atoms with E-state index in [-0.39, 0.29) is 5.91 Å². The Balaban J connectivity index is 2.24. The Morgan fingerprint density at radius 1 is 1.42 bits per heavy atom. The molecule has 3 heteroatoms. The number of carbonyl (C=O) groups is 1. The number of hydrogen-bond donors (Lipinski definition) is 2. The van der Waals surface area contributed by atoms with Crippen LogP contribution >= 0.6 is 0 Å². The normalized spacial score (nSPS) is 17.5. The topological polar surface area (TPSA) is 41.1 Å². The van der Waals surface area contributed by atoms with Crippen LogP contribution in [-0.2, 0) is 6.42 Å². The first-order valence-corrected chi connectivity index (χ1v) is 7.24. The molecule has 0 aliphatic carbocycles. The van der Waals surface area contributed by atoms with Crippen LogP contribution < -0.4 is 10.6 Å². The van der Waals surface area contributed by atoms with E-state index in [1.54, 1.807) is 0 Å². The van der Waals surface area contributed by atoms with Crippen LogP contribution in [0.25, 0.3) is 0 Å². The molecule has 1 aromatic rings. The molecule has 3 nitrogen and oxygen atoms in total. The Labute approximate surface area is 115 Å². The number of carbonyl (C=O) groups excluding carboxylic acids is 1. The minimum Gasteiger partial charge on any atom is -0.352 e. The van der Waals surface area contributed by atoms with Gasteiger partial charge in [0.25, 0.3) is 5.91 Å². The molecule has 0 aromatic heterocycles. The maximum atomic E-state index is 11.9. The fraction of sp³-hybridized carbons (Fsp3) is 0.562. The molecule has 1 aliphatic heterocycles. The summed E-state index contributed by atoms with van der Waals surface area (Å²) in [5.74, 6) is 0.754. The Morgan fingerprint density at radius 3 is 2.89 bits per heavy atom. The smallest absolute Gasteiger partial charge is 0.251 e. The molecule has 2 N–H and O–H groups in total. The molecule has 1 amide bonds. The molecule has 0 bridgehead atoms. The fourth-order valence-electron chi connectivity index (χ4n) is 2.64. The number of rotatable bonds is 5. The Kier molecular flexibility index (Phi) is 4.59. The van der Waals surface area contributed by atoms with Gasteiger partial charge in [0.15, 0.2) is 0 Å². The summed E-state index contributed by atoms with van der Waals surface area (Å²) < 4.78 is 0. The highest BCUT2D eigenvalue weighted by Crippen LogP contribution is 2.25. The van der Waals surface area contributed by atoms with Gasteiger partial charge in [-0.3, -0.25) is 4.79 Å². The summed E-state index contributed by atoms with van der Waals surface area (Å²) in [7, 11) is 1.99. The van der Waals surface area contributed by atoms with Crippen molar-refractivity contribution in [3.63, 3.8) is 0 Å². The maximum Gasteiger partial charge on any atom is 0.251 e. The zero-order valence-corrected chi connectivity index (χ0v) is 12.1. The van der Waals surface area contributed by atoms with E-state index in [2.05, 4.69) is 42.7 Å². The van der Waals surface area contributed by atoms with Gasteiger partial charge in [-0.15, -0.1) is 0 Å². The van der Waals surface area contributed by atoms with E-state index < -0.39 is 0 Å². The van der Waals surface area contributed by atoms with Crippen LogP contribution in [0.2, 0.25) is 0 Å². The summed E-state index contributed by atoms with van der Waals surface area (Å²) >= 11 is 0. The molecule has 19 heavy (non-hydrogen) atoms. The van der Waals surface area contributed by atoms with Gasteiger partial charge in [0.2, 0.25) is 0 Å². The van der Waals surface area contributed by atoms with Crippen molar-refractivity contribution >= 4 is 5.91 Å². The lowest BCUT2D eigenvalue weighted by Crippen LogP contribution is -2.32. The first-order chi connectivity index (χ1) is 9.15. The van der Waals surface area contributed by atoms with Crippen molar-refractivity contribution in [2.45, 2.75) is 39.2 Å². The number of nitrogens with one attached hydrogen (secondary N) is 2. The highest BCUT2D eigenvalue weighted by atomic mass is 16.1. The average molecular weight is 260 g/mol. The number of hydrogen-bond acceptors (Lipinski definition) is 2. The highest BCUT2D eigenvalue weighted by molar-refractivity contribution is 5.96. The van der Waals surface area contributed by atoms with Crippen LogP contribution in [0, 0.1) is 5.92 Å². The molecule has 0 radical (unpaired) electrons. The van der Waals surface area contributed by atoms with Gasteiger partial charge in [0, 0.05) is 18.2 Å². The molecule has 104 valence electrons. The molecule has 2 atom stereocenters. The molecule has 0 saturated heterocycles. The molecule has 0 spiro atoms. The van der Waals surface area contributed by atoms with Gasteiger partial charge in [0.1, 0.15) is 0 Å². The number of amides is 1. The van der Waals surface area contributed by atoms with E-state index in [1.165, 1.54) is 17.5 Å². The molecule has 2 unspecified atom stereocenters. The first-order valence-electron chi connectivity index (χ1n) is 7.24. The van der Waals surface area contributed by atoms with Crippen molar-refractivity contribution in [3.05, 3.63) is 34.9 Å². The van der Waals surface area contributed by atoms with Crippen LogP contribution in [0.3, 0.4) is 0 Å². The Morgan fingerprint density at radius 2 is 2.21 bits per heavy atom. The van der Waals surface area contributed by atoms with Gasteiger partial charge in [0.05, 0.1) is 0 Å². The first kappa shape index (κ1) is 14.1. The van der Waals surface area contributed by atoms with E-state index >= 15 is 0 Å². The summed E-state index contributed by atoms with van der Waals surface area (Å²) in [6, 6.07) is 6.67. The van der Waals surface area contributed by atoms with Gasteiger partial charge >= 0.3 is 0 Å². The van der Waals surface area contributed by atoms with Crippen molar-refractivity contribution < 1.29 is 4.79 Å². The summed E-state index contributed by atoms with van der Waals surface area (Å²) in [5, 5.41) is 6.29. The van der Waals surface area contributed by atoms with E-state index in [0.717, 1.165) is 24.9 Å². The Bertz CT molecular complexity index is 456. The molecule has 1 aromatic carbocycles. The zero-order valence-electron chi connectivity index (χ0n) is 12.1. The van der Waals surface area contributed by atoms with Crippen LogP contribution in [-0.4, -0.2) is 19.5 Å². The predicted octanol–water partition coefficient (Wildman–Crippen LogP) is 2.67. The third-order valence-electron chi connectivity index (χ3n) is 4.14. The minimum absolute atomic E-state index is 0.0708. The second kappa shape index (κ2) is 6.20. The van der Waals surface area contributed by atoms with Crippen LogP contribution in [0.4, 0.5) is 0 Å². The second-order valence-corrected chi connectivity index (χ2v) is 5.51. The molecule has 1 heterocycles. The maximum absolute atomic E-state index is 11.9. The van der Waals surface area contributed by atoms with Gasteiger partial charge in [-0.05, 0) is 43.0 Å². The van der Waals surface area contributed by atoms with Gasteiger partial charge in [-0.25, -0.2) is 0 Å². The molecular formula is C16H24N2O. The van der Waals surface area contributed by atoms with Gasteiger partial charge in [-0.2, -0.15) is 0 Å². The van der Waals surface area contributed by atoms with E-state index in [9.17, 15) is 4.79 Å². The lowest BCUT2D eigenvalue weighted by atomic mass is 9.90. The number of fused-ring (bicyclic) bond motifs is 1. The van der Waals surface area contributed by atoms with E-state index in [0.29, 0.717) is 12.0 Å². The quantitative estimate of drug-likeness (QED) is 0.854. The molecular weight excluding hydrogens is 236 g/mol. The molecule has 0 saturated carbocycles. The van der Waals surface area contributed by atoms with Crippen molar-refractivity contribution in [1.82, 2.24) is 10.6 Å². The molecule has 2 rings (SSSR count). The third kappa shape index (κ3) is 3.16. The average Bonchev–Trinajstić information content (AvgIpc) is 2.44. The zero-order chi connectivity index (χ0) is 13.8. The molecule has 0 fully saturated rings. The summed E-state index contributed by atoms with van der Waals surface area (Å²) in [6.07, 6.45) is 3.23. The largest absolute Gasteiger partial charge is 0.352 e. The standard InChI is InChI=1S/C16H24N2O/c1-4-11(2)9-15(17-3)13-6-5-12-7-8-18-16(19)14(12)10-13/h5-6,10-11,15,17H,4,7-9H2,1-3H3,(H,18,19). The van der Waals surface area contributed by atoms with Crippen molar-refractivity contribution in [2.75, 3.05) is 13.6 Å². The summed E-state index contributed by atoms with van der Waals surface area (Å²) in [6.45, 7) is 5.25. The monoisotopic (exact) mass is 260 g/mol. The Hall–Kier alpha value is -1.35. The lowest BCUT2D eigenvalue weighted by Gasteiger charge is -2.23. The summed E-state index contributed by atoms with van der Waals surface area (Å²) in [4.78, 5) is 11.9. The van der Waals surface area contributed by atoms with Crippen LogP contribution in [0.5, 0.6) is 0 Å². The van der Waals surface area contributed by atoms with Crippen molar-refractivity contribution in [2.24, 2.45) is 5.92 Å². The predicted molar refractivity (Wildman–Crippen MR) is 78.4 cm³/mol. The van der Waals surface area contributed by atoms with Crippen molar-refractivity contribution in [1.29, 1.82) is 0 Å². The summed E-state index contributed by atoms with van der Waals surface area (Å²) in [5.41, 5.74) is 3.25. The van der Waals surface area contributed by atoms with E-state index in [4.69, 9.17) is 0 Å². The van der Waals surface area contributed by atoms with Gasteiger partial charge < -0.3 is 10.6 Å². The van der Waals surface area contributed by atoms with Crippen molar-refractivity contribution in [3.8, 4) is 0 Å². The fourth-order valence-corrected chi connectivity index (χ4v) is 2.64. The van der Waals surface area contributed by atoms with Crippen LogP contribution in [0.15, 0.2) is 18.2 Å². The third-order valence-corrected chi connectivity index (χ3v) is 4.14. The minimum atomic E-state index is 0.0708. The molecule has 1 aliphatic rings. The second-order valence-electron chi connectivity index (χ2n) is 5.51. The van der Waals surface area contributed by atoms with Crippen LogP contribution in [0.1, 0.15) is 54.2 Å². The highest BCUT2D eigenvalue weighted by Gasteiger charge is 2.19. The lowest BCUT2D eigenvalue weighted by molar-refractivity contribution is 0.0946.